The molecule has 0 amide bonds. The molecule has 0 aliphatic rings. The number of rotatable bonds is 93. The molecule has 0 saturated carbocycles. The lowest BCUT2D eigenvalue weighted by Gasteiger charge is -2.26. The molecule has 0 unspecified atom stereocenters. The Morgan fingerprint density at radius 3 is 0.322 bits per heavy atom. The molecule has 0 aliphatic heterocycles. The van der Waals surface area contributed by atoms with Crippen LogP contribution in [0.1, 0.15) is 632 Å². The second-order valence-corrected chi connectivity index (χ2v) is 41.1. The van der Waals surface area contributed by atoms with Crippen molar-refractivity contribution < 1.29 is 0 Å². The molecule has 0 atom stereocenters. The highest BCUT2D eigenvalue weighted by molar-refractivity contribution is 7.97. The molecule has 3 aromatic carbocycles. The van der Waals surface area contributed by atoms with E-state index in [1.165, 1.54) is 578 Å². The van der Waals surface area contributed by atoms with E-state index in [-0.39, 0.29) is 10.9 Å². The van der Waals surface area contributed by atoms with Gasteiger partial charge in [-0.15, -0.1) is 0 Å². The third-order valence-electron chi connectivity index (χ3n) is 27.5. The zero-order valence-corrected chi connectivity index (χ0v) is 83.3. The molecule has 3 aromatic rings. The van der Waals surface area contributed by atoms with Gasteiger partial charge in [0.1, 0.15) is 10.9 Å². The fraction of sp³-hybridized carbons (Fsp3) is 0.846. The number of benzene rings is 3. The average molecular weight is 1650 g/mol. The van der Waals surface area contributed by atoms with Crippen molar-refractivity contribution in [3.05, 3.63) is 86.5 Å². The minimum absolute atomic E-state index is 0.232. The van der Waals surface area contributed by atoms with Crippen LogP contribution in [-0.4, -0.2) is 0 Å². The maximum atomic E-state index is 2.99. The van der Waals surface area contributed by atoms with Crippen molar-refractivity contribution in [2.45, 2.75) is 655 Å². The molecule has 0 aliphatic carbocycles. The lowest BCUT2D eigenvalue weighted by atomic mass is 9.94. The molecule has 0 saturated heterocycles. The van der Waals surface area contributed by atoms with Crippen LogP contribution < -0.4 is 0 Å². The topological polar surface area (TPSA) is 0 Å². The van der Waals surface area contributed by atoms with Gasteiger partial charge in [0.15, 0.2) is 14.7 Å². The van der Waals surface area contributed by atoms with Gasteiger partial charge in [-0.2, -0.15) is 0 Å². The van der Waals surface area contributed by atoms with Crippen LogP contribution in [0, 0.1) is 0 Å². The SMILES string of the molecule is CCCCCCCCCCCc1cc(CCCCCCCCCCC)c([S+](c2c(CCCCCCCCCCC)cc(CCCCCCCCCCC)cc2CCCCCCCCCCC)c2c(CCCCCCCCCCC)cc(CCCCCCCCCCC)cc2CCCCCCCCCCC)c(CCCCCCCCCCC)c1. The molecule has 118 heavy (non-hydrogen) atoms. The largest absolute Gasteiger partial charge is 0.172 e. The van der Waals surface area contributed by atoms with E-state index in [1.807, 2.05) is 48.1 Å². The van der Waals surface area contributed by atoms with Crippen molar-refractivity contribution in [2.24, 2.45) is 0 Å². The Bertz CT molecular complexity index is 2170. The van der Waals surface area contributed by atoms with Gasteiger partial charge < -0.3 is 0 Å². The highest BCUT2D eigenvalue weighted by Gasteiger charge is 2.42. The summed E-state index contributed by atoms with van der Waals surface area (Å²) in [4.78, 5) is 5.70. The van der Waals surface area contributed by atoms with E-state index in [0.29, 0.717) is 0 Å². The zero-order chi connectivity index (χ0) is 84.4. The molecule has 0 spiro atoms. The number of hydrogen-bond acceptors (Lipinski definition) is 0. The summed E-state index contributed by atoms with van der Waals surface area (Å²) < 4.78 is 0. The first kappa shape index (κ1) is 110. The van der Waals surface area contributed by atoms with E-state index in [1.54, 1.807) is 16.7 Å². The van der Waals surface area contributed by atoms with Crippen LogP contribution in [0.2, 0.25) is 0 Å². The van der Waals surface area contributed by atoms with Crippen molar-refractivity contribution in [2.75, 3.05) is 0 Å². The highest BCUT2D eigenvalue weighted by atomic mass is 32.2. The van der Waals surface area contributed by atoms with Crippen LogP contribution in [-0.2, 0) is 68.7 Å². The molecular weight excluding hydrogens is 1440 g/mol. The predicted octanol–water partition coefficient (Wildman–Crippen LogP) is 41.4. The Morgan fingerprint density at radius 1 is 0.119 bits per heavy atom. The quantitative estimate of drug-likeness (QED) is 0.0390. The number of unbranched alkanes of at least 4 members (excludes halogenated alkanes) is 72. The van der Waals surface area contributed by atoms with E-state index in [4.69, 9.17) is 0 Å². The maximum Gasteiger partial charge on any atom is 0.172 e. The first-order valence-corrected chi connectivity index (χ1v) is 56.8. The lowest BCUT2D eigenvalue weighted by Crippen LogP contribution is -2.20. The zero-order valence-electron chi connectivity index (χ0n) is 82.5. The van der Waals surface area contributed by atoms with Crippen molar-refractivity contribution in [3.8, 4) is 0 Å². The number of hydrogen-bond donors (Lipinski definition) is 0. The molecule has 1 heteroatoms. The molecule has 0 fully saturated rings. The Morgan fingerprint density at radius 2 is 0.212 bits per heavy atom. The molecular formula is C117H213S+. The summed E-state index contributed by atoms with van der Waals surface area (Å²) in [7, 11) is -0.232. The summed E-state index contributed by atoms with van der Waals surface area (Å²) in [5.41, 5.74) is 16.1. The standard InChI is InChI=1S/C117H213S/c1-10-19-28-37-46-55-64-73-82-91-106-100-109(94-85-76-67-58-49-40-31-22-13-4)115(110(101-106)95-86-77-68-59-50-41-32-23-14-5)118(116-111(96-87-78-69-60-51-42-33-24-15-6)102-107(92-83-74-65-56-47-38-29-20-11-2)103-112(116)97-88-79-70-61-52-43-34-25-16-7)117-113(98-89-80-71-62-53-44-35-26-17-8)104-108(93-84-75-66-57-48-39-30-21-12-3)105-114(117)99-90-81-72-63-54-45-36-27-18-9/h100-105H,10-99H2,1-9H3/q+1. The second-order valence-electron chi connectivity index (χ2n) is 39.2. The second kappa shape index (κ2) is 84.5. The van der Waals surface area contributed by atoms with Gasteiger partial charge in [-0.05, 0) is 132 Å². The van der Waals surface area contributed by atoms with Crippen LogP contribution >= 0.6 is 0 Å². The summed E-state index contributed by atoms with van der Waals surface area (Å²) >= 11 is 0. The van der Waals surface area contributed by atoms with E-state index in [0.717, 1.165) is 0 Å². The smallest absolute Gasteiger partial charge is 0.0654 e. The molecule has 0 N–H and O–H groups in total. The van der Waals surface area contributed by atoms with Crippen molar-refractivity contribution in [1.29, 1.82) is 0 Å². The summed E-state index contributed by atoms with van der Waals surface area (Å²) in [5, 5.41) is 0. The third kappa shape index (κ3) is 59.1. The van der Waals surface area contributed by atoms with E-state index in [2.05, 4.69) is 98.7 Å². The van der Waals surface area contributed by atoms with Gasteiger partial charge in [0.05, 0.1) is 0 Å². The van der Waals surface area contributed by atoms with Crippen molar-refractivity contribution in [3.63, 3.8) is 0 Å². The fourth-order valence-corrected chi connectivity index (χ4v) is 22.9. The Balaban J connectivity index is 2.73. The summed E-state index contributed by atoms with van der Waals surface area (Å²) in [6, 6.07) is 17.9. The first-order valence-electron chi connectivity index (χ1n) is 55.6. The normalized spacial score (nSPS) is 11.8. The predicted molar refractivity (Wildman–Crippen MR) is 540 cm³/mol. The van der Waals surface area contributed by atoms with E-state index < -0.39 is 0 Å². The minimum atomic E-state index is -0.232. The van der Waals surface area contributed by atoms with Gasteiger partial charge in [-0.3, -0.25) is 0 Å². The van der Waals surface area contributed by atoms with Crippen LogP contribution in [0.4, 0.5) is 0 Å². The molecule has 0 radical (unpaired) electrons. The summed E-state index contributed by atoms with van der Waals surface area (Å²) in [6.07, 6.45) is 125. The summed E-state index contributed by atoms with van der Waals surface area (Å²) in [6.45, 7) is 21.5. The van der Waals surface area contributed by atoms with Crippen LogP contribution in [0.3, 0.4) is 0 Å². The lowest BCUT2D eigenvalue weighted by molar-refractivity contribution is 0.560. The highest BCUT2D eigenvalue weighted by Crippen LogP contribution is 2.47. The van der Waals surface area contributed by atoms with Gasteiger partial charge >= 0.3 is 0 Å². The van der Waals surface area contributed by atoms with Crippen molar-refractivity contribution >= 4 is 10.9 Å². The molecule has 3 rings (SSSR count). The van der Waals surface area contributed by atoms with Crippen LogP contribution in [0.15, 0.2) is 51.1 Å². The van der Waals surface area contributed by atoms with Gasteiger partial charge in [0.2, 0.25) is 0 Å². The molecule has 0 nitrogen and oxygen atoms in total. The fourth-order valence-electron chi connectivity index (χ4n) is 19.8. The summed E-state index contributed by atoms with van der Waals surface area (Å²) in [5.74, 6) is 0. The van der Waals surface area contributed by atoms with Gasteiger partial charge in [-0.25, -0.2) is 0 Å². The maximum absolute atomic E-state index is 2.99. The van der Waals surface area contributed by atoms with Crippen LogP contribution in [0.25, 0.3) is 0 Å². The number of aryl methyl sites for hydroxylation is 9. The van der Waals surface area contributed by atoms with Gasteiger partial charge in [-0.1, -0.05) is 561 Å². The monoisotopic (exact) mass is 1650 g/mol. The Labute approximate surface area is 747 Å². The average Bonchev–Trinajstić information content (AvgIpc) is 0.741. The minimum Gasteiger partial charge on any atom is -0.0654 e. The molecule has 0 heterocycles. The van der Waals surface area contributed by atoms with E-state index >= 15 is 0 Å². The molecule has 0 aromatic heterocycles. The first-order chi connectivity index (χ1) is 58.4. The Hall–Kier alpha value is -1.99. The van der Waals surface area contributed by atoms with Crippen molar-refractivity contribution in [1.82, 2.24) is 0 Å². The van der Waals surface area contributed by atoms with Gasteiger partial charge in [0.25, 0.3) is 0 Å². The Kier molecular flexibility index (Phi) is 78.9. The van der Waals surface area contributed by atoms with E-state index in [9.17, 15) is 0 Å². The molecule has 0 bridgehead atoms. The van der Waals surface area contributed by atoms with Crippen LogP contribution in [0.5, 0.6) is 0 Å². The molecule has 686 valence electrons. The van der Waals surface area contributed by atoms with Gasteiger partial charge in [0, 0.05) is 33.4 Å². The third-order valence-corrected chi connectivity index (χ3v) is 30.3.